The minimum atomic E-state index is -0.372. The summed E-state index contributed by atoms with van der Waals surface area (Å²) in [5.74, 6) is -0.372. The number of nitrogens with one attached hydrogen (secondary N) is 1. The molecule has 0 bridgehead atoms. The van der Waals surface area contributed by atoms with Crippen LogP contribution in [0.15, 0.2) is 17.7 Å². The minimum Gasteiger partial charge on any atom is -0.382 e. The number of carbonyl (C=O) groups is 1. The molecule has 0 spiro atoms. The highest BCUT2D eigenvalue weighted by Gasteiger charge is 2.08. The first-order chi connectivity index (χ1) is 9.17. The Balaban J connectivity index is 2.49. The summed E-state index contributed by atoms with van der Waals surface area (Å²) < 4.78 is 5.78. The highest BCUT2D eigenvalue weighted by molar-refractivity contribution is 7.17. The zero-order chi connectivity index (χ0) is 14.1. The largest absolute Gasteiger partial charge is 0.382 e. The van der Waals surface area contributed by atoms with Gasteiger partial charge in [0.05, 0.1) is 4.34 Å². The molecule has 0 aliphatic heterocycles. The molecule has 0 aliphatic rings. The summed E-state index contributed by atoms with van der Waals surface area (Å²) in [5.41, 5.74) is 0.0786. The number of hydrogen-bond donors (Lipinski definition) is 1. The smallest absolute Gasteiger partial charge is 0.261 e. The summed E-state index contributed by atoms with van der Waals surface area (Å²) in [7, 11) is 0. The molecule has 0 aliphatic carbocycles. The average molecular weight is 299 g/mol. The van der Waals surface area contributed by atoms with Crippen molar-refractivity contribution in [3.8, 4) is 6.07 Å². The molecule has 0 saturated heterocycles. The van der Waals surface area contributed by atoms with Gasteiger partial charge in [0.1, 0.15) is 11.6 Å². The second-order valence-electron chi connectivity index (χ2n) is 3.62. The van der Waals surface area contributed by atoms with E-state index in [1.54, 1.807) is 12.1 Å². The zero-order valence-electron chi connectivity index (χ0n) is 10.6. The second kappa shape index (κ2) is 8.70. The predicted octanol–water partition coefficient (Wildman–Crippen LogP) is 2.85. The van der Waals surface area contributed by atoms with Crippen LogP contribution in [0.5, 0.6) is 0 Å². The summed E-state index contributed by atoms with van der Waals surface area (Å²) in [6.45, 7) is 3.67. The highest BCUT2D eigenvalue weighted by atomic mass is 35.5. The minimum absolute atomic E-state index is 0.0786. The van der Waals surface area contributed by atoms with Gasteiger partial charge in [-0.2, -0.15) is 5.26 Å². The molecule has 1 N–H and O–H groups in total. The lowest BCUT2D eigenvalue weighted by atomic mass is 10.2. The van der Waals surface area contributed by atoms with Crippen LogP contribution in [-0.4, -0.2) is 25.7 Å². The first-order valence-electron chi connectivity index (χ1n) is 5.90. The Morgan fingerprint density at radius 3 is 3.00 bits per heavy atom. The maximum absolute atomic E-state index is 11.7. The molecule has 1 heterocycles. The summed E-state index contributed by atoms with van der Waals surface area (Å²) in [5, 5.41) is 11.7. The Hall–Kier alpha value is -1.35. The van der Waals surface area contributed by atoms with Crippen molar-refractivity contribution in [1.82, 2.24) is 5.32 Å². The lowest BCUT2D eigenvalue weighted by molar-refractivity contribution is -0.117. The lowest BCUT2D eigenvalue weighted by Crippen LogP contribution is -2.26. The van der Waals surface area contributed by atoms with E-state index in [9.17, 15) is 4.79 Å². The molecule has 0 fully saturated rings. The van der Waals surface area contributed by atoms with Gasteiger partial charge in [0, 0.05) is 24.6 Å². The third-order valence-corrected chi connectivity index (χ3v) is 3.38. The lowest BCUT2D eigenvalue weighted by Gasteiger charge is -2.04. The molecule has 1 rings (SSSR count). The maximum Gasteiger partial charge on any atom is 0.261 e. The normalized spacial score (nSPS) is 11.1. The number of carbonyl (C=O) groups excluding carboxylic acids is 1. The molecule has 0 aromatic carbocycles. The van der Waals surface area contributed by atoms with E-state index in [-0.39, 0.29) is 11.5 Å². The van der Waals surface area contributed by atoms with Crippen molar-refractivity contribution in [3.63, 3.8) is 0 Å². The van der Waals surface area contributed by atoms with Crippen molar-refractivity contribution >= 4 is 34.9 Å². The Morgan fingerprint density at radius 2 is 2.42 bits per heavy atom. The molecule has 1 aromatic rings. The van der Waals surface area contributed by atoms with Gasteiger partial charge < -0.3 is 10.1 Å². The quantitative estimate of drug-likeness (QED) is 0.478. The molecular formula is C13H15ClN2O2S. The molecule has 0 atom stereocenters. The maximum atomic E-state index is 11.7. The van der Waals surface area contributed by atoms with Gasteiger partial charge in [0.2, 0.25) is 0 Å². The Morgan fingerprint density at radius 1 is 1.63 bits per heavy atom. The monoisotopic (exact) mass is 298 g/mol. The number of nitriles is 1. The standard InChI is InChI=1S/C13H15ClN2O2S/c1-2-18-7-3-6-16-13(17)10(9-15)8-11-4-5-12(14)19-11/h4-5,8H,2-3,6-7H2,1H3,(H,16,17)/b10-8+. The Bertz CT molecular complexity index is 491. The van der Waals surface area contributed by atoms with Gasteiger partial charge in [-0.25, -0.2) is 0 Å². The number of ether oxygens (including phenoxy) is 1. The van der Waals surface area contributed by atoms with Crippen molar-refractivity contribution in [2.45, 2.75) is 13.3 Å². The van der Waals surface area contributed by atoms with Crippen molar-refractivity contribution in [2.75, 3.05) is 19.8 Å². The molecule has 19 heavy (non-hydrogen) atoms. The van der Waals surface area contributed by atoms with Crippen LogP contribution in [0, 0.1) is 11.3 Å². The van der Waals surface area contributed by atoms with E-state index in [4.69, 9.17) is 21.6 Å². The molecule has 6 heteroatoms. The van der Waals surface area contributed by atoms with Crippen molar-refractivity contribution in [3.05, 3.63) is 26.9 Å². The van der Waals surface area contributed by atoms with Gasteiger partial charge in [-0.15, -0.1) is 11.3 Å². The molecule has 102 valence electrons. The molecular weight excluding hydrogens is 284 g/mol. The molecule has 1 aromatic heterocycles. The van der Waals surface area contributed by atoms with Gasteiger partial charge in [0.25, 0.3) is 5.91 Å². The first-order valence-corrected chi connectivity index (χ1v) is 7.10. The number of rotatable bonds is 7. The van der Waals surface area contributed by atoms with E-state index < -0.39 is 0 Å². The van der Waals surface area contributed by atoms with Crippen molar-refractivity contribution in [1.29, 1.82) is 5.26 Å². The van der Waals surface area contributed by atoms with Gasteiger partial charge in [-0.05, 0) is 31.6 Å². The first kappa shape index (κ1) is 15.7. The summed E-state index contributed by atoms with van der Waals surface area (Å²) in [6.07, 6.45) is 2.26. The van der Waals surface area contributed by atoms with Crippen LogP contribution in [0.2, 0.25) is 4.34 Å². The van der Waals surface area contributed by atoms with E-state index in [0.717, 1.165) is 11.3 Å². The number of hydrogen-bond acceptors (Lipinski definition) is 4. The molecule has 0 saturated carbocycles. The van der Waals surface area contributed by atoms with Gasteiger partial charge in [-0.3, -0.25) is 4.79 Å². The Kier molecular flexibility index (Phi) is 7.19. The molecule has 1 amide bonds. The molecule has 4 nitrogen and oxygen atoms in total. The predicted molar refractivity (Wildman–Crippen MR) is 77.0 cm³/mol. The van der Waals surface area contributed by atoms with Gasteiger partial charge in [-0.1, -0.05) is 11.6 Å². The molecule has 0 radical (unpaired) electrons. The van der Waals surface area contributed by atoms with E-state index in [2.05, 4.69) is 5.32 Å². The van der Waals surface area contributed by atoms with E-state index in [1.165, 1.54) is 17.4 Å². The highest BCUT2D eigenvalue weighted by Crippen LogP contribution is 2.23. The third kappa shape index (κ3) is 5.88. The third-order valence-electron chi connectivity index (χ3n) is 2.20. The van der Waals surface area contributed by atoms with Gasteiger partial charge >= 0.3 is 0 Å². The summed E-state index contributed by atoms with van der Waals surface area (Å²) >= 11 is 7.11. The van der Waals surface area contributed by atoms with E-state index in [0.29, 0.717) is 24.1 Å². The van der Waals surface area contributed by atoms with Crippen LogP contribution in [0.4, 0.5) is 0 Å². The SMILES string of the molecule is CCOCCCNC(=O)/C(C#N)=C/c1ccc(Cl)s1. The summed E-state index contributed by atoms with van der Waals surface area (Å²) in [6, 6.07) is 5.39. The van der Waals surface area contributed by atoms with Gasteiger partial charge in [0.15, 0.2) is 0 Å². The van der Waals surface area contributed by atoms with E-state index >= 15 is 0 Å². The van der Waals surface area contributed by atoms with Crippen molar-refractivity contribution in [2.24, 2.45) is 0 Å². The van der Waals surface area contributed by atoms with Crippen LogP contribution in [0.1, 0.15) is 18.2 Å². The fourth-order valence-electron chi connectivity index (χ4n) is 1.31. The topological polar surface area (TPSA) is 62.1 Å². The number of amides is 1. The number of thiophene rings is 1. The second-order valence-corrected chi connectivity index (χ2v) is 5.36. The zero-order valence-corrected chi connectivity index (χ0v) is 12.2. The fraction of sp³-hybridized carbons (Fsp3) is 0.385. The summed E-state index contributed by atoms with van der Waals surface area (Å²) in [4.78, 5) is 12.5. The average Bonchev–Trinajstić information content (AvgIpc) is 2.81. The fourth-order valence-corrected chi connectivity index (χ4v) is 2.32. The molecule has 0 unspecified atom stereocenters. The van der Waals surface area contributed by atoms with Crippen molar-refractivity contribution < 1.29 is 9.53 Å². The van der Waals surface area contributed by atoms with E-state index in [1.807, 2.05) is 13.0 Å². The number of nitrogens with zero attached hydrogens (tertiary/aromatic N) is 1. The van der Waals surface area contributed by atoms with Crippen LogP contribution in [-0.2, 0) is 9.53 Å². The van der Waals surface area contributed by atoms with Crippen LogP contribution in [0.3, 0.4) is 0 Å². The Labute approximate surface area is 121 Å². The van der Waals surface area contributed by atoms with Crippen LogP contribution >= 0.6 is 22.9 Å². The van der Waals surface area contributed by atoms with Crippen LogP contribution in [0.25, 0.3) is 6.08 Å². The number of halogens is 1. The van der Waals surface area contributed by atoms with Crippen LogP contribution < -0.4 is 5.32 Å².